The molecule has 0 aromatic carbocycles. The van der Waals surface area contributed by atoms with Crippen molar-refractivity contribution >= 4 is 11.9 Å². The van der Waals surface area contributed by atoms with Gasteiger partial charge in [-0.3, -0.25) is 4.79 Å². The summed E-state index contributed by atoms with van der Waals surface area (Å²) >= 11 is 0. The van der Waals surface area contributed by atoms with E-state index in [1.807, 2.05) is 20.8 Å². The van der Waals surface area contributed by atoms with Gasteiger partial charge >= 0.3 is 11.9 Å². The van der Waals surface area contributed by atoms with Crippen LogP contribution in [0.25, 0.3) is 0 Å². The third-order valence-electron chi connectivity index (χ3n) is 5.83. The predicted octanol–water partition coefficient (Wildman–Crippen LogP) is 4.51. The molecule has 1 heterocycles. The Morgan fingerprint density at radius 1 is 1.12 bits per heavy atom. The van der Waals surface area contributed by atoms with Crippen LogP contribution in [0.2, 0.25) is 0 Å². The first-order chi connectivity index (χ1) is 15.1. The monoisotopic (exact) mass is 449 g/mol. The van der Waals surface area contributed by atoms with E-state index in [9.17, 15) is 9.59 Å². The normalized spacial score (nSPS) is 21.8. The molecule has 0 radical (unpaired) electrons. The van der Waals surface area contributed by atoms with Crippen molar-refractivity contribution in [3.8, 4) is 0 Å². The lowest BCUT2D eigenvalue weighted by Gasteiger charge is -2.36. The van der Waals surface area contributed by atoms with Gasteiger partial charge in [0.05, 0.1) is 13.0 Å². The SMILES string of the molecule is CCOC(=O)CO[C@@H](CC(=O)OC(C)(C)C)c1nnc(C2CC(CC(C)C)C2)n1C1CC1. The summed E-state index contributed by atoms with van der Waals surface area (Å²) in [6.45, 7) is 11.8. The molecule has 2 aliphatic carbocycles. The Balaban J connectivity index is 1.78. The van der Waals surface area contributed by atoms with Crippen LogP contribution < -0.4 is 0 Å². The van der Waals surface area contributed by atoms with Crippen LogP contribution in [0.5, 0.6) is 0 Å². The van der Waals surface area contributed by atoms with Gasteiger partial charge in [0.15, 0.2) is 5.82 Å². The summed E-state index contributed by atoms with van der Waals surface area (Å²) < 4.78 is 18.5. The predicted molar refractivity (Wildman–Crippen MR) is 119 cm³/mol. The average Bonchev–Trinajstić information content (AvgIpc) is 3.39. The molecule has 2 fully saturated rings. The van der Waals surface area contributed by atoms with Gasteiger partial charge in [-0.05, 0) is 71.6 Å². The van der Waals surface area contributed by atoms with Crippen LogP contribution in [0.4, 0.5) is 0 Å². The highest BCUT2D eigenvalue weighted by atomic mass is 16.6. The second-order valence-corrected chi connectivity index (χ2v) is 10.6. The van der Waals surface area contributed by atoms with Gasteiger partial charge in [-0.2, -0.15) is 0 Å². The van der Waals surface area contributed by atoms with E-state index in [1.54, 1.807) is 6.92 Å². The van der Waals surface area contributed by atoms with Gasteiger partial charge in [-0.15, -0.1) is 10.2 Å². The van der Waals surface area contributed by atoms with E-state index in [0.717, 1.165) is 37.4 Å². The molecule has 0 spiro atoms. The Morgan fingerprint density at radius 2 is 1.81 bits per heavy atom. The van der Waals surface area contributed by atoms with Gasteiger partial charge in [0.1, 0.15) is 24.1 Å². The molecule has 8 heteroatoms. The summed E-state index contributed by atoms with van der Waals surface area (Å²) in [5.74, 6) is 2.60. The van der Waals surface area contributed by atoms with Gasteiger partial charge in [-0.1, -0.05) is 13.8 Å². The number of carbonyl (C=O) groups excluding carboxylic acids is 2. The molecule has 3 rings (SSSR count). The Bertz CT molecular complexity index is 788. The van der Waals surface area contributed by atoms with Gasteiger partial charge in [-0.25, -0.2) is 4.79 Å². The van der Waals surface area contributed by atoms with Crippen molar-refractivity contribution in [1.29, 1.82) is 0 Å². The lowest BCUT2D eigenvalue weighted by atomic mass is 9.71. The highest BCUT2D eigenvalue weighted by molar-refractivity contribution is 5.72. The van der Waals surface area contributed by atoms with Gasteiger partial charge < -0.3 is 18.8 Å². The highest BCUT2D eigenvalue weighted by Gasteiger charge is 2.40. The number of nitrogens with zero attached hydrogens (tertiary/aromatic N) is 3. The molecule has 0 saturated heterocycles. The first-order valence-corrected chi connectivity index (χ1v) is 12.0. The quantitative estimate of drug-likeness (QED) is 0.459. The van der Waals surface area contributed by atoms with Crippen LogP contribution in [0.1, 0.15) is 110 Å². The van der Waals surface area contributed by atoms with E-state index in [0.29, 0.717) is 23.7 Å². The van der Waals surface area contributed by atoms with Crippen LogP contribution in [0, 0.1) is 11.8 Å². The second-order valence-electron chi connectivity index (χ2n) is 10.6. The molecule has 8 nitrogen and oxygen atoms in total. The first-order valence-electron chi connectivity index (χ1n) is 12.0. The van der Waals surface area contributed by atoms with E-state index in [4.69, 9.17) is 14.2 Å². The maximum absolute atomic E-state index is 12.6. The number of hydrogen-bond acceptors (Lipinski definition) is 7. The number of carbonyl (C=O) groups is 2. The molecular weight excluding hydrogens is 410 g/mol. The van der Waals surface area contributed by atoms with Crippen molar-refractivity contribution < 1.29 is 23.8 Å². The molecule has 0 aliphatic heterocycles. The van der Waals surface area contributed by atoms with Crippen molar-refractivity contribution in [3.05, 3.63) is 11.6 Å². The Kier molecular flexibility index (Phi) is 7.96. The number of rotatable bonds is 11. The maximum Gasteiger partial charge on any atom is 0.332 e. The summed E-state index contributed by atoms with van der Waals surface area (Å²) in [4.78, 5) is 24.5. The molecule has 2 saturated carbocycles. The molecule has 0 N–H and O–H groups in total. The van der Waals surface area contributed by atoms with Crippen LogP contribution in [-0.2, 0) is 23.8 Å². The maximum atomic E-state index is 12.6. The molecule has 1 atom stereocenters. The van der Waals surface area contributed by atoms with Crippen molar-refractivity contribution in [2.45, 2.75) is 104 Å². The lowest BCUT2D eigenvalue weighted by Crippen LogP contribution is -2.28. The third-order valence-corrected chi connectivity index (χ3v) is 5.83. The van der Waals surface area contributed by atoms with Gasteiger partial charge in [0.2, 0.25) is 0 Å². The van der Waals surface area contributed by atoms with Crippen LogP contribution >= 0.6 is 0 Å². The van der Waals surface area contributed by atoms with Crippen molar-refractivity contribution in [2.75, 3.05) is 13.2 Å². The molecule has 0 unspecified atom stereocenters. The Hall–Kier alpha value is -1.96. The zero-order chi connectivity index (χ0) is 23.5. The van der Waals surface area contributed by atoms with E-state index >= 15 is 0 Å². The second kappa shape index (κ2) is 10.3. The number of ether oxygens (including phenoxy) is 3. The molecule has 180 valence electrons. The van der Waals surface area contributed by atoms with Crippen molar-refractivity contribution in [2.24, 2.45) is 11.8 Å². The zero-order valence-corrected chi connectivity index (χ0v) is 20.4. The lowest BCUT2D eigenvalue weighted by molar-refractivity contribution is -0.162. The fourth-order valence-corrected chi connectivity index (χ4v) is 4.46. The standard InChI is InChI=1S/C24H39N3O5/c1-7-30-21(29)14-31-19(13-20(28)32-24(4,5)6)23-26-25-22(27(23)18-8-9-18)17-11-16(12-17)10-15(2)3/h15-19H,7-14H2,1-6H3/t16?,17?,19-/m0/s1. The van der Waals surface area contributed by atoms with Crippen molar-refractivity contribution in [3.63, 3.8) is 0 Å². The molecule has 1 aromatic heterocycles. The summed E-state index contributed by atoms with van der Waals surface area (Å²) in [7, 11) is 0. The van der Waals surface area contributed by atoms with Gasteiger partial charge in [0.25, 0.3) is 0 Å². The molecule has 0 bridgehead atoms. The first kappa shape index (κ1) is 24.7. The number of hydrogen-bond donors (Lipinski definition) is 0. The minimum atomic E-state index is -0.706. The summed E-state index contributed by atoms with van der Waals surface area (Å²) in [6.07, 6.45) is 4.90. The molecule has 1 aromatic rings. The Morgan fingerprint density at radius 3 is 2.38 bits per heavy atom. The smallest absolute Gasteiger partial charge is 0.332 e. The highest BCUT2D eigenvalue weighted by Crippen LogP contribution is 2.47. The molecule has 0 amide bonds. The van der Waals surface area contributed by atoms with Crippen molar-refractivity contribution in [1.82, 2.24) is 14.8 Å². The molecule has 32 heavy (non-hydrogen) atoms. The molecule has 2 aliphatic rings. The van der Waals surface area contributed by atoms with E-state index in [2.05, 4.69) is 28.6 Å². The summed E-state index contributed by atoms with van der Waals surface area (Å²) in [5, 5.41) is 9.01. The number of aromatic nitrogens is 3. The minimum absolute atomic E-state index is 0.0256. The summed E-state index contributed by atoms with van der Waals surface area (Å²) in [6, 6.07) is 0.339. The summed E-state index contributed by atoms with van der Waals surface area (Å²) in [5.41, 5.74) is -0.602. The molecular formula is C24H39N3O5. The van der Waals surface area contributed by atoms with Gasteiger partial charge in [0, 0.05) is 12.0 Å². The zero-order valence-electron chi connectivity index (χ0n) is 20.4. The van der Waals surface area contributed by atoms with E-state index < -0.39 is 17.7 Å². The fraction of sp³-hybridized carbons (Fsp3) is 0.833. The van der Waals surface area contributed by atoms with E-state index in [1.165, 1.54) is 6.42 Å². The Labute approximate surface area is 191 Å². The minimum Gasteiger partial charge on any atom is -0.464 e. The van der Waals surface area contributed by atoms with Crippen LogP contribution in [0.3, 0.4) is 0 Å². The largest absolute Gasteiger partial charge is 0.464 e. The number of esters is 2. The van der Waals surface area contributed by atoms with E-state index in [-0.39, 0.29) is 25.6 Å². The topological polar surface area (TPSA) is 92.5 Å². The van der Waals surface area contributed by atoms with Crippen LogP contribution in [0.15, 0.2) is 0 Å². The van der Waals surface area contributed by atoms with Crippen LogP contribution in [-0.4, -0.2) is 45.5 Å². The third kappa shape index (κ3) is 6.77. The fourth-order valence-electron chi connectivity index (χ4n) is 4.46. The average molecular weight is 450 g/mol.